The Morgan fingerprint density at radius 3 is 2.88 bits per heavy atom. The first-order valence-corrected chi connectivity index (χ1v) is 9.55. The molecule has 1 N–H and O–H groups in total. The highest BCUT2D eigenvalue weighted by molar-refractivity contribution is 7.99. The number of carbonyl (C=O) groups is 2. The van der Waals surface area contributed by atoms with E-state index in [-0.39, 0.29) is 17.7 Å². The third-order valence-corrected chi connectivity index (χ3v) is 5.17. The molecule has 0 atom stereocenters. The molecule has 8 nitrogen and oxygen atoms in total. The van der Waals surface area contributed by atoms with Crippen molar-refractivity contribution in [3.63, 3.8) is 0 Å². The second-order valence-electron chi connectivity index (χ2n) is 6.11. The highest BCUT2D eigenvalue weighted by Gasteiger charge is 2.17. The summed E-state index contributed by atoms with van der Waals surface area (Å²) in [5.41, 5.74) is 1.04. The first-order chi connectivity index (χ1) is 12.7. The summed E-state index contributed by atoms with van der Waals surface area (Å²) in [6.07, 6.45) is 5.70. The van der Waals surface area contributed by atoms with Crippen LogP contribution in [0.15, 0.2) is 29.4 Å². The molecule has 0 bridgehead atoms. The molecule has 3 rings (SSSR count). The number of nitrogens with zero attached hydrogens (tertiary/aromatic N) is 4. The Morgan fingerprint density at radius 2 is 2.12 bits per heavy atom. The summed E-state index contributed by atoms with van der Waals surface area (Å²) in [6.45, 7) is 0. The molecule has 1 fully saturated rings. The topological polar surface area (TPSA) is 99.0 Å². The van der Waals surface area contributed by atoms with Crippen LogP contribution in [0.4, 0.5) is 0 Å². The zero-order chi connectivity index (χ0) is 18.4. The molecule has 1 aliphatic carbocycles. The van der Waals surface area contributed by atoms with Crippen LogP contribution in [0.5, 0.6) is 0 Å². The first kappa shape index (κ1) is 18.4. The Hall–Kier alpha value is -2.42. The van der Waals surface area contributed by atoms with Gasteiger partial charge in [-0.05, 0) is 41.5 Å². The molecular formula is C17H21N5O3S. The molecule has 0 saturated heterocycles. The minimum atomic E-state index is -0.430. The van der Waals surface area contributed by atoms with E-state index in [1.165, 1.54) is 42.8 Å². The van der Waals surface area contributed by atoms with Gasteiger partial charge < -0.3 is 10.1 Å². The van der Waals surface area contributed by atoms with E-state index in [1.54, 1.807) is 24.3 Å². The van der Waals surface area contributed by atoms with Crippen LogP contribution < -0.4 is 5.32 Å². The SMILES string of the molecule is COC(=O)c1cccc(-n2nnnc2SCC(=O)NC2CCCCC2)c1. The number of benzene rings is 1. The minimum absolute atomic E-state index is 0.0141. The average molecular weight is 375 g/mol. The summed E-state index contributed by atoms with van der Waals surface area (Å²) in [6, 6.07) is 7.10. The molecule has 0 unspecified atom stereocenters. The zero-order valence-electron chi connectivity index (χ0n) is 14.6. The lowest BCUT2D eigenvalue weighted by Crippen LogP contribution is -2.37. The van der Waals surface area contributed by atoms with Crippen molar-refractivity contribution >= 4 is 23.6 Å². The summed E-state index contributed by atoms with van der Waals surface area (Å²) in [4.78, 5) is 23.8. The fourth-order valence-electron chi connectivity index (χ4n) is 2.96. The highest BCUT2D eigenvalue weighted by Crippen LogP contribution is 2.20. The predicted octanol–water partition coefficient (Wildman–Crippen LogP) is 1.99. The fraction of sp³-hybridized carbons (Fsp3) is 0.471. The second kappa shape index (κ2) is 8.79. The van der Waals surface area contributed by atoms with Crippen molar-refractivity contribution in [1.29, 1.82) is 0 Å². The Balaban J connectivity index is 1.63. The van der Waals surface area contributed by atoms with Crippen LogP contribution in [-0.2, 0) is 9.53 Å². The number of hydrogen-bond acceptors (Lipinski definition) is 7. The molecular weight excluding hydrogens is 354 g/mol. The average Bonchev–Trinajstić information content (AvgIpc) is 3.15. The molecule has 1 heterocycles. The van der Waals surface area contributed by atoms with E-state index >= 15 is 0 Å². The quantitative estimate of drug-likeness (QED) is 0.609. The standard InChI is InChI=1S/C17H21N5O3S/c1-25-16(24)12-6-5-9-14(10-12)22-17(19-20-21-22)26-11-15(23)18-13-7-3-2-4-8-13/h5-6,9-10,13H,2-4,7-8,11H2,1H3,(H,18,23). The van der Waals surface area contributed by atoms with E-state index in [0.717, 1.165) is 12.8 Å². The van der Waals surface area contributed by atoms with Gasteiger partial charge in [0.15, 0.2) is 0 Å². The lowest BCUT2D eigenvalue weighted by molar-refractivity contribution is -0.119. The predicted molar refractivity (Wildman–Crippen MR) is 96.2 cm³/mol. The Labute approximate surface area is 155 Å². The van der Waals surface area contributed by atoms with E-state index in [9.17, 15) is 9.59 Å². The molecule has 0 aliphatic heterocycles. The van der Waals surface area contributed by atoms with Crippen molar-refractivity contribution in [1.82, 2.24) is 25.5 Å². The number of methoxy groups -OCH3 is 1. The van der Waals surface area contributed by atoms with Crippen molar-refractivity contribution in [2.24, 2.45) is 0 Å². The largest absolute Gasteiger partial charge is 0.465 e. The molecule has 0 radical (unpaired) electrons. The van der Waals surface area contributed by atoms with E-state index in [4.69, 9.17) is 4.74 Å². The van der Waals surface area contributed by atoms with Crippen LogP contribution in [0.1, 0.15) is 42.5 Å². The van der Waals surface area contributed by atoms with Crippen LogP contribution >= 0.6 is 11.8 Å². The Bertz CT molecular complexity index is 773. The van der Waals surface area contributed by atoms with Crippen LogP contribution in [0, 0.1) is 0 Å². The van der Waals surface area contributed by atoms with Crippen molar-refractivity contribution in [2.45, 2.75) is 43.3 Å². The van der Waals surface area contributed by atoms with Gasteiger partial charge in [-0.1, -0.05) is 37.1 Å². The smallest absolute Gasteiger partial charge is 0.337 e. The monoisotopic (exact) mass is 375 g/mol. The number of hydrogen-bond donors (Lipinski definition) is 1. The van der Waals surface area contributed by atoms with E-state index in [1.807, 2.05) is 0 Å². The van der Waals surface area contributed by atoms with Gasteiger partial charge in [0.05, 0.1) is 24.1 Å². The van der Waals surface area contributed by atoms with Gasteiger partial charge in [-0.25, -0.2) is 4.79 Å². The molecule has 1 aromatic carbocycles. The van der Waals surface area contributed by atoms with Crippen molar-refractivity contribution in [3.8, 4) is 5.69 Å². The first-order valence-electron chi connectivity index (χ1n) is 8.56. The van der Waals surface area contributed by atoms with Crippen LogP contribution in [0.3, 0.4) is 0 Å². The molecule has 1 saturated carbocycles. The summed E-state index contributed by atoms with van der Waals surface area (Å²) in [5.74, 6) is -0.200. The third-order valence-electron chi connectivity index (χ3n) is 4.26. The van der Waals surface area contributed by atoms with Gasteiger partial charge >= 0.3 is 5.97 Å². The summed E-state index contributed by atoms with van der Waals surface area (Å²) in [5, 5.41) is 15.2. The van der Waals surface area contributed by atoms with Gasteiger partial charge in [-0.15, -0.1) is 5.10 Å². The van der Waals surface area contributed by atoms with Gasteiger partial charge in [-0.2, -0.15) is 4.68 Å². The maximum atomic E-state index is 12.2. The van der Waals surface area contributed by atoms with Gasteiger partial charge in [0.1, 0.15) is 0 Å². The Kier molecular flexibility index (Phi) is 6.21. The van der Waals surface area contributed by atoms with Gasteiger partial charge in [0.25, 0.3) is 0 Å². The van der Waals surface area contributed by atoms with E-state index in [0.29, 0.717) is 16.4 Å². The number of esters is 1. The number of nitrogens with one attached hydrogen (secondary N) is 1. The number of carbonyl (C=O) groups excluding carboxylic acids is 2. The van der Waals surface area contributed by atoms with Crippen LogP contribution in [0.25, 0.3) is 5.69 Å². The molecule has 9 heteroatoms. The number of tetrazole rings is 1. The van der Waals surface area contributed by atoms with Crippen LogP contribution in [-0.4, -0.2) is 51.0 Å². The summed E-state index contributed by atoms with van der Waals surface area (Å²) in [7, 11) is 1.33. The molecule has 1 aromatic heterocycles. The second-order valence-corrected chi connectivity index (χ2v) is 7.05. The lowest BCUT2D eigenvalue weighted by atomic mass is 9.95. The van der Waals surface area contributed by atoms with Crippen molar-refractivity contribution < 1.29 is 14.3 Å². The molecule has 2 aromatic rings. The normalized spacial score (nSPS) is 14.8. The van der Waals surface area contributed by atoms with Gasteiger partial charge in [0, 0.05) is 6.04 Å². The molecule has 138 valence electrons. The summed E-state index contributed by atoms with van der Waals surface area (Å²) < 4.78 is 6.24. The lowest BCUT2D eigenvalue weighted by Gasteiger charge is -2.22. The van der Waals surface area contributed by atoms with Crippen molar-refractivity contribution in [2.75, 3.05) is 12.9 Å². The zero-order valence-corrected chi connectivity index (χ0v) is 15.4. The molecule has 26 heavy (non-hydrogen) atoms. The number of aromatic nitrogens is 4. The molecule has 1 amide bonds. The minimum Gasteiger partial charge on any atom is -0.465 e. The van der Waals surface area contributed by atoms with E-state index < -0.39 is 5.97 Å². The molecule has 1 aliphatic rings. The van der Waals surface area contributed by atoms with Gasteiger partial charge in [-0.3, -0.25) is 4.79 Å². The van der Waals surface area contributed by atoms with Crippen LogP contribution in [0.2, 0.25) is 0 Å². The molecule has 0 spiro atoms. The fourth-order valence-corrected chi connectivity index (χ4v) is 3.66. The maximum absolute atomic E-state index is 12.2. The number of thioether (sulfide) groups is 1. The van der Waals surface area contributed by atoms with Gasteiger partial charge in [0.2, 0.25) is 11.1 Å². The summed E-state index contributed by atoms with van der Waals surface area (Å²) >= 11 is 1.26. The number of ether oxygens (including phenoxy) is 1. The highest BCUT2D eigenvalue weighted by atomic mass is 32.2. The number of rotatable bonds is 6. The van der Waals surface area contributed by atoms with E-state index in [2.05, 4.69) is 20.8 Å². The maximum Gasteiger partial charge on any atom is 0.337 e. The third kappa shape index (κ3) is 4.60. The number of amides is 1. The Morgan fingerprint density at radius 1 is 1.31 bits per heavy atom. The van der Waals surface area contributed by atoms with Crippen molar-refractivity contribution in [3.05, 3.63) is 29.8 Å².